The number of hydrogen-bond donors (Lipinski definition) is 3. The Morgan fingerprint density at radius 2 is 1.86 bits per heavy atom. The van der Waals surface area contributed by atoms with Gasteiger partial charge in [0.25, 0.3) is 0 Å². The van der Waals surface area contributed by atoms with Crippen LogP contribution in [0.15, 0.2) is 0 Å². The molecule has 0 bridgehead atoms. The fourth-order valence-electron chi connectivity index (χ4n) is 2.17. The summed E-state index contributed by atoms with van der Waals surface area (Å²) in [5.41, 5.74) is 0. The van der Waals surface area contributed by atoms with E-state index in [-0.39, 0.29) is 13.1 Å². The van der Waals surface area contributed by atoms with Gasteiger partial charge in [-0.3, -0.25) is 14.5 Å². The lowest BCUT2D eigenvalue weighted by Gasteiger charge is -2.36. The lowest BCUT2D eigenvalue weighted by molar-refractivity contribution is -0.184. The third-order valence-electron chi connectivity index (χ3n) is 3.25. The molecular formula is C12H21F3N4O2. The summed E-state index contributed by atoms with van der Waals surface area (Å²) in [5.74, 6) is -1.04. The first-order chi connectivity index (χ1) is 9.71. The normalized spacial score (nSPS) is 19.7. The van der Waals surface area contributed by atoms with Crippen molar-refractivity contribution in [2.75, 3.05) is 32.7 Å². The van der Waals surface area contributed by atoms with Crippen LogP contribution in [0.1, 0.15) is 13.8 Å². The predicted octanol–water partition coefficient (Wildman–Crippen LogP) is -0.537. The topological polar surface area (TPSA) is 73.5 Å². The van der Waals surface area contributed by atoms with Gasteiger partial charge in [0.2, 0.25) is 11.8 Å². The molecule has 0 saturated carbocycles. The number of halogens is 3. The molecule has 0 aromatic heterocycles. The van der Waals surface area contributed by atoms with Gasteiger partial charge in [0.15, 0.2) is 0 Å². The lowest BCUT2D eigenvalue weighted by Crippen LogP contribution is -2.58. The fraction of sp³-hybridized carbons (Fsp3) is 0.833. The average Bonchev–Trinajstić information content (AvgIpc) is 2.37. The van der Waals surface area contributed by atoms with Gasteiger partial charge in [-0.25, -0.2) is 0 Å². The molecule has 122 valence electrons. The van der Waals surface area contributed by atoms with Crippen LogP contribution in [0.4, 0.5) is 13.2 Å². The van der Waals surface area contributed by atoms with E-state index in [0.717, 1.165) is 0 Å². The summed E-state index contributed by atoms with van der Waals surface area (Å²) in [7, 11) is 0. The van der Waals surface area contributed by atoms with E-state index < -0.39 is 36.6 Å². The third kappa shape index (κ3) is 5.88. The molecule has 1 rings (SSSR count). The summed E-state index contributed by atoms with van der Waals surface area (Å²) in [5, 5.41) is 7.57. The zero-order valence-corrected chi connectivity index (χ0v) is 12.1. The van der Waals surface area contributed by atoms with Crippen molar-refractivity contribution in [2.45, 2.75) is 32.1 Å². The second kappa shape index (κ2) is 7.60. The van der Waals surface area contributed by atoms with Gasteiger partial charge >= 0.3 is 6.18 Å². The smallest absolute Gasteiger partial charge is 0.352 e. The van der Waals surface area contributed by atoms with Crippen LogP contribution < -0.4 is 16.0 Å². The van der Waals surface area contributed by atoms with Gasteiger partial charge in [-0.05, 0) is 6.92 Å². The highest BCUT2D eigenvalue weighted by Crippen LogP contribution is 2.24. The summed E-state index contributed by atoms with van der Waals surface area (Å²) in [6.07, 6.45) is -4.41. The first kappa shape index (κ1) is 17.7. The number of alkyl halides is 3. The number of piperazine rings is 1. The zero-order chi connectivity index (χ0) is 16.0. The molecule has 0 radical (unpaired) electrons. The van der Waals surface area contributed by atoms with Crippen molar-refractivity contribution in [3.63, 3.8) is 0 Å². The molecule has 1 aliphatic rings. The zero-order valence-electron chi connectivity index (χ0n) is 12.1. The summed E-state index contributed by atoms with van der Waals surface area (Å²) >= 11 is 0. The number of hydrogen-bond acceptors (Lipinski definition) is 4. The van der Waals surface area contributed by atoms with Gasteiger partial charge in [-0.2, -0.15) is 13.2 Å². The Morgan fingerprint density at radius 1 is 1.29 bits per heavy atom. The van der Waals surface area contributed by atoms with Crippen molar-refractivity contribution in [2.24, 2.45) is 0 Å². The molecule has 21 heavy (non-hydrogen) atoms. The monoisotopic (exact) mass is 310 g/mol. The van der Waals surface area contributed by atoms with Crippen molar-refractivity contribution in [1.82, 2.24) is 20.9 Å². The van der Waals surface area contributed by atoms with Gasteiger partial charge < -0.3 is 16.0 Å². The molecular weight excluding hydrogens is 289 g/mol. The molecule has 1 fully saturated rings. The Bertz CT molecular complexity index is 370. The van der Waals surface area contributed by atoms with E-state index in [1.165, 1.54) is 18.7 Å². The molecule has 1 heterocycles. The Labute approximate surface area is 121 Å². The Balaban J connectivity index is 2.57. The van der Waals surface area contributed by atoms with Gasteiger partial charge in [-0.1, -0.05) is 0 Å². The standard InChI is InChI=1S/C12H21F3N4O2/c1-8(18-9(2)20)11(21)17-7-10(12(13,14)15)19-5-3-16-4-6-19/h8,10,16H,3-7H2,1-2H3,(H,17,21)(H,18,20). The van der Waals surface area contributed by atoms with E-state index >= 15 is 0 Å². The molecule has 9 heteroatoms. The summed E-state index contributed by atoms with van der Waals surface area (Å²) in [6, 6.07) is -2.58. The third-order valence-corrected chi connectivity index (χ3v) is 3.25. The SMILES string of the molecule is CC(=O)NC(C)C(=O)NCC(N1CCNCC1)C(F)(F)F. The molecule has 0 spiro atoms. The number of nitrogens with one attached hydrogen (secondary N) is 3. The van der Waals surface area contributed by atoms with Crippen molar-refractivity contribution < 1.29 is 22.8 Å². The van der Waals surface area contributed by atoms with Gasteiger partial charge in [-0.15, -0.1) is 0 Å². The Hall–Kier alpha value is -1.35. The largest absolute Gasteiger partial charge is 0.405 e. The molecule has 2 amide bonds. The Morgan fingerprint density at radius 3 is 2.33 bits per heavy atom. The van der Waals surface area contributed by atoms with Crippen LogP contribution in [-0.4, -0.2) is 67.7 Å². The summed E-state index contributed by atoms with van der Waals surface area (Å²) in [6.45, 7) is 3.67. The number of carbonyl (C=O) groups is 2. The molecule has 2 atom stereocenters. The lowest BCUT2D eigenvalue weighted by atomic mass is 10.2. The van der Waals surface area contributed by atoms with Crippen molar-refractivity contribution in [1.29, 1.82) is 0 Å². The highest BCUT2D eigenvalue weighted by Gasteiger charge is 2.43. The van der Waals surface area contributed by atoms with Crippen LogP contribution >= 0.6 is 0 Å². The number of carbonyl (C=O) groups excluding carboxylic acids is 2. The maximum atomic E-state index is 13.1. The minimum absolute atomic E-state index is 0.279. The minimum atomic E-state index is -4.41. The highest BCUT2D eigenvalue weighted by atomic mass is 19.4. The van der Waals surface area contributed by atoms with E-state index in [1.807, 2.05) is 0 Å². The van der Waals surface area contributed by atoms with Crippen LogP contribution in [0, 0.1) is 0 Å². The Kier molecular flexibility index (Phi) is 6.41. The van der Waals surface area contributed by atoms with Crippen LogP contribution in [0.3, 0.4) is 0 Å². The van der Waals surface area contributed by atoms with Crippen molar-refractivity contribution in [3.8, 4) is 0 Å². The minimum Gasteiger partial charge on any atom is -0.352 e. The van der Waals surface area contributed by atoms with Crippen molar-refractivity contribution >= 4 is 11.8 Å². The molecule has 1 aliphatic heterocycles. The van der Waals surface area contributed by atoms with Gasteiger partial charge in [0.1, 0.15) is 12.1 Å². The first-order valence-electron chi connectivity index (χ1n) is 6.78. The second-order valence-electron chi connectivity index (χ2n) is 5.01. The maximum absolute atomic E-state index is 13.1. The molecule has 6 nitrogen and oxygen atoms in total. The predicted molar refractivity (Wildman–Crippen MR) is 70.6 cm³/mol. The molecule has 3 N–H and O–H groups in total. The first-order valence-corrected chi connectivity index (χ1v) is 6.78. The van der Waals surface area contributed by atoms with Crippen LogP contribution in [0.5, 0.6) is 0 Å². The maximum Gasteiger partial charge on any atom is 0.405 e. The number of amides is 2. The van der Waals surface area contributed by atoms with Gasteiger partial charge in [0.05, 0.1) is 0 Å². The molecule has 1 saturated heterocycles. The molecule has 2 unspecified atom stereocenters. The number of rotatable bonds is 5. The van der Waals surface area contributed by atoms with Crippen LogP contribution in [0.25, 0.3) is 0 Å². The van der Waals surface area contributed by atoms with E-state index in [1.54, 1.807) is 0 Å². The average molecular weight is 310 g/mol. The highest BCUT2D eigenvalue weighted by molar-refractivity contribution is 5.86. The van der Waals surface area contributed by atoms with Crippen molar-refractivity contribution in [3.05, 3.63) is 0 Å². The fourth-order valence-corrected chi connectivity index (χ4v) is 2.17. The second-order valence-corrected chi connectivity index (χ2v) is 5.01. The quantitative estimate of drug-likeness (QED) is 0.638. The van der Waals surface area contributed by atoms with Gasteiger partial charge in [0, 0.05) is 39.6 Å². The van der Waals surface area contributed by atoms with Crippen LogP contribution in [-0.2, 0) is 9.59 Å². The summed E-state index contributed by atoms with van der Waals surface area (Å²) < 4.78 is 39.2. The van der Waals surface area contributed by atoms with E-state index in [2.05, 4.69) is 16.0 Å². The number of nitrogens with zero attached hydrogens (tertiary/aromatic N) is 1. The van der Waals surface area contributed by atoms with E-state index in [9.17, 15) is 22.8 Å². The molecule has 0 aliphatic carbocycles. The van der Waals surface area contributed by atoms with Crippen LogP contribution in [0.2, 0.25) is 0 Å². The molecule has 0 aromatic carbocycles. The summed E-state index contributed by atoms with van der Waals surface area (Å²) in [4.78, 5) is 23.8. The van der Waals surface area contributed by atoms with E-state index in [4.69, 9.17) is 0 Å². The molecule has 0 aromatic rings. The van der Waals surface area contributed by atoms with E-state index in [0.29, 0.717) is 13.1 Å².